The second kappa shape index (κ2) is 21.5. The summed E-state index contributed by atoms with van der Waals surface area (Å²) in [6, 6.07) is 0. The third-order valence-corrected chi connectivity index (χ3v) is 10.7. The van der Waals surface area contributed by atoms with E-state index in [0.717, 1.165) is 0 Å². The molecule has 186 valence electrons. The summed E-state index contributed by atoms with van der Waals surface area (Å²) >= 11 is 4.92. The van der Waals surface area contributed by atoms with E-state index in [1.165, 1.54) is 154 Å². The Morgan fingerprint density at radius 2 is 0.710 bits per heavy atom. The Hall–Kier alpha value is 1.01. The van der Waals surface area contributed by atoms with Crippen LogP contribution in [0.15, 0.2) is 0 Å². The van der Waals surface area contributed by atoms with Crippen LogP contribution in [0.4, 0.5) is 0 Å². The van der Waals surface area contributed by atoms with E-state index in [4.69, 9.17) is 12.6 Å². The average molecular weight is 490 g/mol. The van der Waals surface area contributed by atoms with Crippen LogP contribution in [0.5, 0.6) is 0 Å². The molecule has 0 aliphatic carbocycles. The van der Waals surface area contributed by atoms with Crippen molar-refractivity contribution in [1.82, 2.24) is 4.90 Å². The Morgan fingerprint density at radius 1 is 0.452 bits per heavy atom. The van der Waals surface area contributed by atoms with Gasteiger partial charge in [0.25, 0.3) is 0 Å². The van der Waals surface area contributed by atoms with E-state index in [2.05, 4.69) is 18.7 Å². The molecule has 0 aromatic rings. The predicted octanol–water partition coefficient (Wildman–Crippen LogP) is 10.8. The molecule has 0 aromatic heterocycles. The minimum atomic E-state index is 0.108. The lowest BCUT2D eigenvalue weighted by molar-refractivity contribution is 0.278. The molecule has 1 aliphatic heterocycles. The molecule has 1 nitrogen and oxygen atoms in total. The standard InChI is InChI=1S/C27H55NS3/c1-3-5-7-9-11-13-15-17-19-21-23-25-28(27(29)30-31-27)26-24-22-20-18-16-14-12-10-8-6-4-2/h29H,3-26H2,1-2H3. The van der Waals surface area contributed by atoms with E-state index in [9.17, 15) is 0 Å². The molecular formula is C27H55NS3. The molecule has 0 bridgehead atoms. The molecule has 0 atom stereocenters. The number of rotatable bonds is 25. The lowest BCUT2D eigenvalue weighted by atomic mass is 10.1. The van der Waals surface area contributed by atoms with E-state index < -0.39 is 0 Å². The van der Waals surface area contributed by atoms with Crippen molar-refractivity contribution in [2.24, 2.45) is 0 Å². The van der Waals surface area contributed by atoms with Crippen LogP contribution in [-0.2, 0) is 0 Å². The molecule has 1 fully saturated rings. The van der Waals surface area contributed by atoms with E-state index in [-0.39, 0.29) is 3.54 Å². The summed E-state index contributed by atoms with van der Waals surface area (Å²) in [6.07, 6.45) is 31.4. The average Bonchev–Trinajstić information content (AvgIpc) is 3.52. The summed E-state index contributed by atoms with van der Waals surface area (Å²) in [6.45, 7) is 7.10. The van der Waals surface area contributed by atoms with E-state index >= 15 is 0 Å². The Labute approximate surface area is 210 Å². The van der Waals surface area contributed by atoms with Crippen LogP contribution < -0.4 is 0 Å². The Morgan fingerprint density at radius 3 is 0.968 bits per heavy atom. The van der Waals surface area contributed by atoms with Gasteiger partial charge in [-0.15, -0.1) is 12.6 Å². The molecule has 1 rings (SSSR count). The highest BCUT2D eigenvalue weighted by atomic mass is 33.2. The normalized spacial score (nSPS) is 15.1. The molecule has 4 heteroatoms. The van der Waals surface area contributed by atoms with Crippen molar-refractivity contribution in [1.29, 1.82) is 0 Å². The number of thiol groups is 1. The van der Waals surface area contributed by atoms with E-state index in [0.29, 0.717) is 0 Å². The third-order valence-electron chi connectivity index (χ3n) is 6.70. The van der Waals surface area contributed by atoms with Gasteiger partial charge in [0.05, 0.1) is 0 Å². The highest BCUT2D eigenvalue weighted by Crippen LogP contribution is 2.69. The second-order valence-corrected chi connectivity index (χ2v) is 13.8. The van der Waals surface area contributed by atoms with Crippen LogP contribution in [0.3, 0.4) is 0 Å². The summed E-state index contributed by atoms with van der Waals surface area (Å²) in [7, 11) is 3.90. The smallest absolute Gasteiger partial charge is 0.179 e. The van der Waals surface area contributed by atoms with Crippen molar-refractivity contribution in [2.75, 3.05) is 13.1 Å². The number of hydrogen-bond donors (Lipinski definition) is 1. The maximum absolute atomic E-state index is 4.92. The van der Waals surface area contributed by atoms with Crippen molar-refractivity contribution in [3.8, 4) is 0 Å². The maximum Gasteiger partial charge on any atom is 0.179 e. The van der Waals surface area contributed by atoms with Gasteiger partial charge in [-0.2, -0.15) is 0 Å². The molecule has 0 N–H and O–H groups in total. The van der Waals surface area contributed by atoms with E-state index in [1.54, 1.807) is 0 Å². The zero-order valence-corrected chi connectivity index (χ0v) is 23.7. The fourth-order valence-electron chi connectivity index (χ4n) is 4.47. The third kappa shape index (κ3) is 18.1. The highest BCUT2D eigenvalue weighted by molar-refractivity contribution is 8.96. The van der Waals surface area contributed by atoms with Gasteiger partial charge in [0.1, 0.15) is 0 Å². The van der Waals surface area contributed by atoms with Crippen LogP contribution in [0, 0.1) is 0 Å². The van der Waals surface area contributed by atoms with E-state index in [1.807, 2.05) is 21.6 Å². The topological polar surface area (TPSA) is 3.24 Å². The van der Waals surface area contributed by atoms with Gasteiger partial charge in [-0.1, -0.05) is 142 Å². The summed E-state index contributed by atoms with van der Waals surface area (Å²) in [5.74, 6) is 0. The van der Waals surface area contributed by atoms with Crippen molar-refractivity contribution in [3.05, 3.63) is 0 Å². The van der Waals surface area contributed by atoms with Crippen molar-refractivity contribution in [3.63, 3.8) is 0 Å². The molecule has 0 spiro atoms. The largest absolute Gasteiger partial charge is 0.271 e. The first-order chi connectivity index (χ1) is 15.2. The Bertz CT molecular complexity index is 347. The van der Waals surface area contributed by atoms with Gasteiger partial charge in [0, 0.05) is 13.1 Å². The molecular weight excluding hydrogens is 435 g/mol. The zero-order chi connectivity index (χ0) is 22.5. The van der Waals surface area contributed by atoms with Crippen LogP contribution in [-0.4, -0.2) is 21.5 Å². The summed E-state index contributed by atoms with van der Waals surface area (Å²) in [4.78, 5) is 2.66. The quantitative estimate of drug-likeness (QED) is 0.0447. The van der Waals surface area contributed by atoms with Crippen molar-refractivity contribution in [2.45, 2.75) is 159 Å². The minimum Gasteiger partial charge on any atom is -0.271 e. The molecule has 0 saturated carbocycles. The van der Waals surface area contributed by atoms with Crippen LogP contribution in [0.1, 0.15) is 155 Å². The Kier molecular flexibility index (Phi) is 20.9. The number of unbranched alkanes of at least 4 members (excludes halogenated alkanes) is 20. The van der Waals surface area contributed by atoms with Crippen LogP contribution >= 0.6 is 34.2 Å². The predicted molar refractivity (Wildman–Crippen MR) is 151 cm³/mol. The summed E-state index contributed by atoms with van der Waals surface area (Å²) in [5, 5.41) is 0. The fraction of sp³-hybridized carbons (Fsp3) is 1.00. The van der Waals surface area contributed by atoms with Crippen molar-refractivity contribution >= 4 is 34.2 Å². The first kappa shape index (κ1) is 30.0. The van der Waals surface area contributed by atoms with Crippen LogP contribution in [0.25, 0.3) is 0 Å². The van der Waals surface area contributed by atoms with Crippen molar-refractivity contribution < 1.29 is 0 Å². The van der Waals surface area contributed by atoms with Gasteiger partial charge in [-0.05, 0) is 34.4 Å². The molecule has 1 aliphatic rings. The van der Waals surface area contributed by atoms with Gasteiger partial charge >= 0.3 is 0 Å². The number of hydrogen-bond acceptors (Lipinski definition) is 4. The van der Waals surface area contributed by atoms with Gasteiger partial charge in [-0.25, -0.2) is 0 Å². The highest BCUT2D eigenvalue weighted by Gasteiger charge is 2.47. The maximum atomic E-state index is 4.92. The molecule has 31 heavy (non-hydrogen) atoms. The van der Waals surface area contributed by atoms with Gasteiger partial charge in [0.2, 0.25) is 0 Å². The SMILES string of the molecule is CCCCCCCCCCCCCN(CCCCCCCCCCCCC)C1(S)SS1. The summed E-state index contributed by atoms with van der Waals surface area (Å²) in [5.41, 5.74) is 0. The van der Waals surface area contributed by atoms with Gasteiger partial charge in [0.15, 0.2) is 3.54 Å². The lowest BCUT2D eigenvalue weighted by Gasteiger charge is -2.25. The number of nitrogens with zero attached hydrogens (tertiary/aromatic N) is 1. The zero-order valence-electron chi connectivity index (χ0n) is 21.2. The molecule has 0 radical (unpaired) electrons. The minimum absolute atomic E-state index is 0.108. The Balaban J connectivity index is 1.92. The molecule has 0 unspecified atom stereocenters. The molecule has 0 aromatic carbocycles. The lowest BCUT2D eigenvalue weighted by Crippen LogP contribution is -2.33. The van der Waals surface area contributed by atoms with Gasteiger partial charge < -0.3 is 0 Å². The first-order valence-corrected chi connectivity index (χ1v) is 16.7. The van der Waals surface area contributed by atoms with Crippen LogP contribution in [0.2, 0.25) is 0 Å². The molecule has 1 heterocycles. The fourth-order valence-corrected chi connectivity index (χ4v) is 6.51. The molecule has 0 amide bonds. The summed E-state index contributed by atoms with van der Waals surface area (Å²) < 4.78 is 0.108. The van der Waals surface area contributed by atoms with Gasteiger partial charge in [-0.3, -0.25) is 4.90 Å². The molecule has 1 saturated heterocycles. The monoisotopic (exact) mass is 489 g/mol. The first-order valence-electron chi connectivity index (χ1n) is 14.1. The second-order valence-electron chi connectivity index (χ2n) is 9.77.